The van der Waals surface area contributed by atoms with Crippen LogP contribution < -0.4 is 10.1 Å². The van der Waals surface area contributed by atoms with Gasteiger partial charge in [0.2, 0.25) is 5.91 Å². The minimum Gasteiger partial charge on any atom is -0.496 e. The number of rotatable bonds is 3. The Morgan fingerprint density at radius 2 is 2.24 bits per heavy atom. The molecule has 0 aliphatic carbocycles. The Balaban J connectivity index is 3.32. The van der Waals surface area contributed by atoms with Gasteiger partial charge < -0.3 is 15.2 Å². The molecule has 4 heteroatoms. The number of carbonyl (C=O) groups excluding carboxylic acids is 1. The lowest BCUT2D eigenvalue weighted by molar-refractivity contribution is -0.114. The van der Waals surface area contributed by atoms with Crippen molar-refractivity contribution in [3.63, 3.8) is 0 Å². The second-order valence-corrected chi connectivity index (χ2v) is 3.42. The highest BCUT2D eigenvalue weighted by molar-refractivity contribution is 5.90. The zero-order valence-corrected chi connectivity index (χ0v) is 10.1. The van der Waals surface area contributed by atoms with Crippen molar-refractivity contribution in [3.05, 3.63) is 23.3 Å². The maximum atomic E-state index is 11.1. The van der Waals surface area contributed by atoms with Crippen molar-refractivity contribution in [2.24, 2.45) is 0 Å². The summed E-state index contributed by atoms with van der Waals surface area (Å²) in [4.78, 5) is 11.1. The highest BCUT2D eigenvalue weighted by Gasteiger charge is 2.09. The van der Waals surface area contributed by atoms with Gasteiger partial charge in [0.05, 0.1) is 19.4 Å². The van der Waals surface area contributed by atoms with Crippen LogP contribution in [0.4, 0.5) is 5.69 Å². The Morgan fingerprint density at radius 1 is 1.53 bits per heavy atom. The van der Waals surface area contributed by atoms with E-state index in [1.165, 1.54) is 14.0 Å². The van der Waals surface area contributed by atoms with E-state index in [0.29, 0.717) is 22.6 Å². The molecule has 0 aromatic heterocycles. The van der Waals surface area contributed by atoms with Gasteiger partial charge in [0.15, 0.2) is 0 Å². The van der Waals surface area contributed by atoms with Crippen LogP contribution in [0.5, 0.6) is 5.75 Å². The first-order chi connectivity index (χ1) is 8.12. The summed E-state index contributed by atoms with van der Waals surface area (Å²) < 4.78 is 5.13. The summed E-state index contributed by atoms with van der Waals surface area (Å²) in [5.41, 5.74) is 1.88. The fraction of sp³-hybridized carbons (Fsp3) is 0.308. The molecule has 0 atom stereocenters. The summed E-state index contributed by atoms with van der Waals surface area (Å²) in [6.45, 7) is 3.00. The van der Waals surface area contributed by atoms with Gasteiger partial charge in [-0.3, -0.25) is 4.79 Å². The number of hydrogen-bond acceptors (Lipinski definition) is 3. The van der Waals surface area contributed by atoms with E-state index in [9.17, 15) is 9.90 Å². The van der Waals surface area contributed by atoms with Crippen molar-refractivity contribution in [2.45, 2.75) is 20.5 Å². The lowest BCUT2D eigenvalue weighted by atomic mass is 10.1. The number of anilines is 1. The highest BCUT2D eigenvalue weighted by atomic mass is 16.5. The summed E-state index contributed by atoms with van der Waals surface area (Å²) >= 11 is 0. The molecule has 0 radical (unpaired) electrons. The molecule has 0 aliphatic heterocycles. The molecule has 0 fully saturated rings. The van der Waals surface area contributed by atoms with E-state index < -0.39 is 0 Å². The van der Waals surface area contributed by atoms with Crippen LogP contribution in [0.3, 0.4) is 0 Å². The van der Waals surface area contributed by atoms with Crippen LogP contribution in [0.25, 0.3) is 0 Å². The Hall–Kier alpha value is -1.99. The quantitative estimate of drug-likeness (QED) is 0.778. The zero-order chi connectivity index (χ0) is 12.8. The second-order valence-electron chi connectivity index (χ2n) is 3.42. The molecule has 90 valence electrons. The second kappa shape index (κ2) is 5.92. The number of methoxy groups -OCH3 is 1. The topological polar surface area (TPSA) is 58.6 Å². The van der Waals surface area contributed by atoms with E-state index in [4.69, 9.17) is 4.74 Å². The Labute approximate surface area is 101 Å². The maximum Gasteiger partial charge on any atom is 0.221 e. The van der Waals surface area contributed by atoms with Crippen LogP contribution >= 0.6 is 0 Å². The molecule has 0 heterocycles. The lowest BCUT2D eigenvalue weighted by Crippen LogP contribution is -2.08. The number of aliphatic hydroxyl groups is 1. The van der Waals surface area contributed by atoms with E-state index in [1.807, 2.05) is 0 Å². The van der Waals surface area contributed by atoms with E-state index in [-0.39, 0.29) is 12.5 Å². The molecular formula is C13H15NO3. The smallest absolute Gasteiger partial charge is 0.221 e. The van der Waals surface area contributed by atoms with Crippen LogP contribution in [-0.2, 0) is 11.4 Å². The van der Waals surface area contributed by atoms with Gasteiger partial charge in [0.25, 0.3) is 0 Å². The molecule has 0 aliphatic rings. The Kier molecular flexibility index (Phi) is 4.56. The van der Waals surface area contributed by atoms with E-state index in [0.717, 1.165) is 0 Å². The molecule has 17 heavy (non-hydrogen) atoms. The van der Waals surface area contributed by atoms with Crippen LogP contribution in [0, 0.1) is 11.8 Å². The summed E-state index contributed by atoms with van der Waals surface area (Å²) in [7, 11) is 1.51. The fourth-order valence-corrected chi connectivity index (χ4v) is 1.47. The van der Waals surface area contributed by atoms with Crippen molar-refractivity contribution < 1.29 is 14.6 Å². The number of hydrogen-bond donors (Lipinski definition) is 2. The number of ether oxygens (including phenoxy) is 1. The Morgan fingerprint density at radius 3 is 2.71 bits per heavy atom. The van der Waals surface area contributed by atoms with Crippen molar-refractivity contribution in [2.75, 3.05) is 12.4 Å². The van der Waals surface area contributed by atoms with Crippen molar-refractivity contribution >= 4 is 11.6 Å². The minimum absolute atomic E-state index is 0.137. The van der Waals surface area contributed by atoms with Gasteiger partial charge in [-0.1, -0.05) is 5.92 Å². The largest absolute Gasteiger partial charge is 0.496 e. The first-order valence-corrected chi connectivity index (χ1v) is 5.14. The molecule has 0 saturated heterocycles. The summed E-state index contributed by atoms with van der Waals surface area (Å²) in [5.74, 6) is 5.99. The van der Waals surface area contributed by atoms with Crippen LogP contribution in [0.2, 0.25) is 0 Å². The third-order valence-electron chi connectivity index (χ3n) is 2.16. The minimum atomic E-state index is -0.178. The predicted octanol–water partition coefficient (Wildman–Crippen LogP) is 1.52. The lowest BCUT2D eigenvalue weighted by Gasteiger charge is -2.11. The van der Waals surface area contributed by atoms with Gasteiger partial charge in [0.1, 0.15) is 5.75 Å². The fourth-order valence-electron chi connectivity index (χ4n) is 1.47. The monoisotopic (exact) mass is 233 g/mol. The molecule has 1 amide bonds. The van der Waals surface area contributed by atoms with E-state index >= 15 is 0 Å². The molecule has 1 aromatic carbocycles. The third-order valence-corrected chi connectivity index (χ3v) is 2.16. The van der Waals surface area contributed by atoms with Crippen molar-refractivity contribution in [1.29, 1.82) is 0 Å². The molecule has 1 aromatic rings. The summed E-state index contributed by atoms with van der Waals surface area (Å²) in [6.07, 6.45) is 0. The van der Waals surface area contributed by atoms with Crippen LogP contribution in [0.1, 0.15) is 25.0 Å². The van der Waals surface area contributed by atoms with Gasteiger partial charge in [-0.05, 0) is 13.0 Å². The molecule has 0 bridgehead atoms. The van der Waals surface area contributed by atoms with E-state index in [2.05, 4.69) is 17.2 Å². The molecule has 0 saturated carbocycles. The first-order valence-electron chi connectivity index (χ1n) is 5.14. The van der Waals surface area contributed by atoms with Gasteiger partial charge in [-0.15, -0.1) is 5.92 Å². The molecular weight excluding hydrogens is 218 g/mol. The van der Waals surface area contributed by atoms with Crippen molar-refractivity contribution in [1.82, 2.24) is 0 Å². The third kappa shape index (κ3) is 3.23. The maximum absolute atomic E-state index is 11.1. The van der Waals surface area contributed by atoms with Gasteiger partial charge in [-0.2, -0.15) is 0 Å². The standard InChI is InChI=1S/C13H15NO3/c1-4-5-10-6-11(8-15)13(17-3)7-12(10)14-9(2)16/h6-7,15H,8H2,1-3H3,(H,14,16). The van der Waals surface area contributed by atoms with Gasteiger partial charge >= 0.3 is 0 Å². The molecule has 0 spiro atoms. The first kappa shape index (κ1) is 13.1. The van der Waals surface area contributed by atoms with Crippen LogP contribution in [-0.4, -0.2) is 18.1 Å². The van der Waals surface area contributed by atoms with Gasteiger partial charge in [0, 0.05) is 24.1 Å². The van der Waals surface area contributed by atoms with E-state index in [1.54, 1.807) is 19.1 Å². The highest BCUT2D eigenvalue weighted by Crippen LogP contribution is 2.27. The Bertz CT molecular complexity index is 483. The van der Waals surface area contributed by atoms with Crippen molar-refractivity contribution in [3.8, 4) is 17.6 Å². The zero-order valence-electron chi connectivity index (χ0n) is 10.1. The predicted molar refractivity (Wildman–Crippen MR) is 65.8 cm³/mol. The normalized spacial score (nSPS) is 9.18. The summed E-state index contributed by atoms with van der Waals surface area (Å²) in [5, 5.41) is 11.9. The number of aliphatic hydroxyl groups excluding tert-OH is 1. The van der Waals surface area contributed by atoms with Crippen LogP contribution in [0.15, 0.2) is 12.1 Å². The number of nitrogens with one attached hydrogen (secondary N) is 1. The molecule has 2 N–H and O–H groups in total. The SMILES string of the molecule is CC#Cc1cc(CO)c(OC)cc1NC(C)=O. The molecule has 4 nitrogen and oxygen atoms in total. The van der Waals surface area contributed by atoms with Gasteiger partial charge in [-0.25, -0.2) is 0 Å². The number of amides is 1. The number of benzene rings is 1. The average molecular weight is 233 g/mol. The summed E-state index contributed by atoms with van der Waals surface area (Å²) in [6, 6.07) is 3.37. The molecule has 1 rings (SSSR count). The number of carbonyl (C=O) groups is 1. The average Bonchev–Trinajstić information content (AvgIpc) is 2.30. The molecule has 0 unspecified atom stereocenters.